The van der Waals surface area contributed by atoms with Crippen LogP contribution in [0.5, 0.6) is 0 Å². The van der Waals surface area contributed by atoms with Crippen LogP contribution in [0.3, 0.4) is 0 Å². The van der Waals surface area contributed by atoms with Crippen LogP contribution in [0, 0.1) is 0 Å². The standard InChI is InChI=1S/C22H21N3O2S/c26-20(23-18-11-5-7-14-6-1-2-8-16(14)18)12-15-13-28-22-24-19-10-4-3-9-17(19)21(27)25(15)22/h1-2,5-8,11,15H,3-4,9-10,12-13H2,(H,23,26). The predicted molar refractivity (Wildman–Crippen MR) is 112 cm³/mol. The molecule has 1 amide bonds. The van der Waals surface area contributed by atoms with Gasteiger partial charge in [0.25, 0.3) is 5.56 Å². The molecule has 1 unspecified atom stereocenters. The molecule has 3 aromatic rings. The summed E-state index contributed by atoms with van der Waals surface area (Å²) < 4.78 is 1.76. The number of thioether (sulfide) groups is 1. The van der Waals surface area contributed by atoms with Crippen molar-refractivity contribution < 1.29 is 4.79 Å². The summed E-state index contributed by atoms with van der Waals surface area (Å²) in [6.45, 7) is 0. The van der Waals surface area contributed by atoms with E-state index in [1.165, 1.54) is 0 Å². The lowest BCUT2D eigenvalue weighted by molar-refractivity contribution is -0.116. The molecule has 28 heavy (non-hydrogen) atoms. The van der Waals surface area contributed by atoms with Crippen molar-refractivity contribution in [1.82, 2.24) is 9.55 Å². The molecule has 142 valence electrons. The molecule has 6 heteroatoms. The Morgan fingerprint density at radius 3 is 2.89 bits per heavy atom. The van der Waals surface area contributed by atoms with E-state index in [0.29, 0.717) is 5.75 Å². The molecule has 2 aliphatic rings. The maximum absolute atomic E-state index is 13.0. The molecular weight excluding hydrogens is 370 g/mol. The number of nitrogens with zero attached hydrogens (tertiary/aromatic N) is 2. The highest BCUT2D eigenvalue weighted by Crippen LogP contribution is 2.34. The first kappa shape index (κ1) is 17.5. The molecule has 5 nitrogen and oxygen atoms in total. The van der Waals surface area contributed by atoms with Crippen LogP contribution in [-0.4, -0.2) is 21.2 Å². The van der Waals surface area contributed by atoms with Crippen molar-refractivity contribution in [2.75, 3.05) is 11.1 Å². The Bertz CT molecular complexity index is 1130. The van der Waals surface area contributed by atoms with Crippen molar-refractivity contribution in [3.8, 4) is 0 Å². The molecule has 1 atom stereocenters. The van der Waals surface area contributed by atoms with Crippen molar-refractivity contribution >= 4 is 34.1 Å². The summed E-state index contributed by atoms with van der Waals surface area (Å²) >= 11 is 1.59. The summed E-state index contributed by atoms with van der Waals surface area (Å²) in [6, 6.07) is 13.7. The number of anilines is 1. The maximum atomic E-state index is 13.0. The van der Waals surface area contributed by atoms with Crippen LogP contribution in [-0.2, 0) is 17.6 Å². The quantitative estimate of drug-likeness (QED) is 0.687. The van der Waals surface area contributed by atoms with E-state index in [4.69, 9.17) is 4.98 Å². The van der Waals surface area contributed by atoms with Gasteiger partial charge in [0, 0.05) is 28.8 Å². The van der Waals surface area contributed by atoms with Crippen LogP contribution in [0.1, 0.15) is 36.6 Å². The molecule has 1 aromatic heterocycles. The van der Waals surface area contributed by atoms with Gasteiger partial charge in [-0.2, -0.15) is 0 Å². The van der Waals surface area contributed by atoms with Gasteiger partial charge in [0.1, 0.15) is 0 Å². The van der Waals surface area contributed by atoms with E-state index in [1.807, 2.05) is 42.5 Å². The number of nitrogens with one attached hydrogen (secondary N) is 1. The zero-order chi connectivity index (χ0) is 19.1. The molecule has 0 saturated carbocycles. The summed E-state index contributed by atoms with van der Waals surface area (Å²) in [5, 5.41) is 5.92. The summed E-state index contributed by atoms with van der Waals surface area (Å²) in [5.41, 5.74) is 2.70. The molecule has 2 aromatic carbocycles. The van der Waals surface area contributed by atoms with Gasteiger partial charge < -0.3 is 5.32 Å². The number of aryl methyl sites for hydroxylation is 1. The topological polar surface area (TPSA) is 64.0 Å². The van der Waals surface area contributed by atoms with E-state index in [2.05, 4.69) is 5.32 Å². The molecule has 1 aliphatic heterocycles. The van der Waals surface area contributed by atoms with Crippen LogP contribution >= 0.6 is 11.8 Å². The highest BCUT2D eigenvalue weighted by atomic mass is 32.2. The Kier molecular flexibility index (Phi) is 4.43. The normalized spacial score (nSPS) is 17.9. The number of carbonyl (C=O) groups excluding carboxylic acids is 1. The highest BCUT2D eigenvalue weighted by molar-refractivity contribution is 7.99. The van der Waals surface area contributed by atoms with E-state index in [-0.39, 0.29) is 23.9 Å². The van der Waals surface area contributed by atoms with E-state index in [0.717, 1.165) is 58.6 Å². The lowest BCUT2D eigenvalue weighted by Crippen LogP contribution is -2.32. The van der Waals surface area contributed by atoms with Crippen molar-refractivity contribution in [2.24, 2.45) is 0 Å². The first-order valence-electron chi connectivity index (χ1n) is 9.75. The first-order chi connectivity index (χ1) is 13.7. The van der Waals surface area contributed by atoms with Gasteiger partial charge in [-0.3, -0.25) is 14.2 Å². The third kappa shape index (κ3) is 3.02. The van der Waals surface area contributed by atoms with Crippen LogP contribution in [0.2, 0.25) is 0 Å². The van der Waals surface area contributed by atoms with Crippen molar-refractivity contribution in [3.63, 3.8) is 0 Å². The second-order valence-corrected chi connectivity index (χ2v) is 8.43. The summed E-state index contributed by atoms with van der Waals surface area (Å²) in [5.74, 6) is 0.646. The molecule has 0 fully saturated rings. The molecule has 2 heterocycles. The minimum absolute atomic E-state index is 0.0626. The monoisotopic (exact) mass is 391 g/mol. The number of amides is 1. The molecule has 5 rings (SSSR count). The van der Waals surface area contributed by atoms with Crippen molar-refractivity contribution in [2.45, 2.75) is 43.3 Å². The average Bonchev–Trinajstić information content (AvgIpc) is 3.11. The molecule has 0 bridgehead atoms. The number of aromatic nitrogens is 2. The summed E-state index contributed by atoms with van der Waals surface area (Å²) in [6.07, 6.45) is 4.13. The van der Waals surface area contributed by atoms with E-state index < -0.39 is 0 Å². The fraction of sp³-hybridized carbons (Fsp3) is 0.318. The first-order valence-corrected chi connectivity index (χ1v) is 10.7. The van der Waals surface area contributed by atoms with Gasteiger partial charge in [-0.1, -0.05) is 48.2 Å². The van der Waals surface area contributed by atoms with E-state index in [1.54, 1.807) is 16.3 Å². The van der Waals surface area contributed by atoms with Crippen molar-refractivity contribution in [3.05, 3.63) is 64.1 Å². The van der Waals surface area contributed by atoms with Gasteiger partial charge >= 0.3 is 0 Å². The van der Waals surface area contributed by atoms with Gasteiger partial charge in [-0.15, -0.1) is 0 Å². The van der Waals surface area contributed by atoms with E-state index in [9.17, 15) is 9.59 Å². The molecule has 0 saturated heterocycles. The Morgan fingerprint density at radius 2 is 1.96 bits per heavy atom. The smallest absolute Gasteiger partial charge is 0.257 e. The lowest BCUT2D eigenvalue weighted by Gasteiger charge is -2.19. The summed E-state index contributed by atoms with van der Waals surface area (Å²) in [4.78, 5) is 30.5. The number of carbonyl (C=O) groups is 1. The Balaban J connectivity index is 1.40. The zero-order valence-corrected chi connectivity index (χ0v) is 16.3. The summed E-state index contributed by atoms with van der Waals surface area (Å²) in [7, 11) is 0. The minimum Gasteiger partial charge on any atom is -0.325 e. The maximum Gasteiger partial charge on any atom is 0.257 e. The lowest BCUT2D eigenvalue weighted by atomic mass is 9.97. The SMILES string of the molecule is O=C(CC1CSc2nc3c(c(=O)n21)CCCC3)Nc1cccc2ccccc12. The zero-order valence-electron chi connectivity index (χ0n) is 15.5. The van der Waals surface area contributed by atoms with E-state index >= 15 is 0 Å². The molecule has 0 spiro atoms. The minimum atomic E-state index is -0.137. The van der Waals surface area contributed by atoms with Gasteiger partial charge in [-0.25, -0.2) is 4.98 Å². The van der Waals surface area contributed by atoms with Gasteiger partial charge in [0.05, 0.1) is 11.7 Å². The number of hydrogen-bond acceptors (Lipinski definition) is 4. The highest BCUT2D eigenvalue weighted by Gasteiger charge is 2.30. The Labute approximate surface area is 167 Å². The Hall–Kier alpha value is -2.60. The second-order valence-electron chi connectivity index (χ2n) is 7.45. The van der Waals surface area contributed by atoms with Gasteiger partial charge in [-0.05, 0) is 37.1 Å². The van der Waals surface area contributed by atoms with Crippen LogP contribution in [0.4, 0.5) is 5.69 Å². The van der Waals surface area contributed by atoms with Crippen molar-refractivity contribution in [1.29, 1.82) is 0 Å². The fourth-order valence-corrected chi connectivity index (χ4v) is 5.37. The largest absolute Gasteiger partial charge is 0.325 e. The second kappa shape index (κ2) is 7.09. The molecular formula is C22H21N3O2S. The van der Waals surface area contributed by atoms with Gasteiger partial charge in [0.2, 0.25) is 5.91 Å². The van der Waals surface area contributed by atoms with Crippen LogP contribution in [0.15, 0.2) is 52.4 Å². The van der Waals surface area contributed by atoms with Crippen LogP contribution in [0.25, 0.3) is 10.8 Å². The third-order valence-corrected chi connectivity index (χ3v) is 6.70. The fourth-order valence-electron chi connectivity index (χ4n) is 4.21. The number of benzene rings is 2. The molecule has 0 radical (unpaired) electrons. The number of rotatable bonds is 3. The van der Waals surface area contributed by atoms with Crippen LogP contribution < -0.4 is 10.9 Å². The average molecular weight is 391 g/mol. The number of hydrogen-bond donors (Lipinski definition) is 1. The molecule has 1 aliphatic carbocycles. The predicted octanol–water partition coefficient (Wildman–Crippen LogP) is 3.95. The number of fused-ring (bicyclic) bond motifs is 3. The Morgan fingerprint density at radius 1 is 1.14 bits per heavy atom. The molecule has 1 N–H and O–H groups in total. The third-order valence-electron chi connectivity index (χ3n) is 5.61. The van der Waals surface area contributed by atoms with Gasteiger partial charge in [0.15, 0.2) is 5.16 Å².